The summed E-state index contributed by atoms with van der Waals surface area (Å²) < 4.78 is 6.95. The van der Waals surface area contributed by atoms with Crippen LogP contribution in [0.5, 0.6) is 5.88 Å². The summed E-state index contributed by atoms with van der Waals surface area (Å²) in [6, 6.07) is 0. The van der Waals surface area contributed by atoms with Gasteiger partial charge in [-0.2, -0.15) is 0 Å². The number of hydrogen-bond acceptors (Lipinski definition) is 5. The molecule has 0 aromatic carbocycles. The highest BCUT2D eigenvalue weighted by Gasteiger charge is 2.14. The van der Waals surface area contributed by atoms with Gasteiger partial charge in [0.15, 0.2) is 0 Å². The highest BCUT2D eigenvalue weighted by molar-refractivity contribution is 5.81. The highest BCUT2D eigenvalue weighted by atomic mass is 16.5. The Labute approximate surface area is 84.8 Å². The second-order valence-electron chi connectivity index (χ2n) is 2.87. The van der Waals surface area contributed by atoms with Crippen LogP contribution in [0.25, 0.3) is 0 Å². The number of methoxy groups -OCH3 is 1. The number of hydrogen-bond donors (Lipinski definition) is 1. The molecule has 15 heavy (non-hydrogen) atoms. The van der Waals surface area contributed by atoms with Crippen LogP contribution in [0.3, 0.4) is 0 Å². The molecule has 0 amide bonds. The molecule has 0 unspecified atom stereocenters. The van der Waals surface area contributed by atoms with Crippen molar-refractivity contribution in [2.24, 2.45) is 19.3 Å². The van der Waals surface area contributed by atoms with Gasteiger partial charge in [0.25, 0.3) is 5.56 Å². The Morgan fingerprint density at radius 1 is 1.33 bits per heavy atom. The van der Waals surface area contributed by atoms with Crippen molar-refractivity contribution < 1.29 is 9.94 Å². The molecule has 0 fully saturated rings. The van der Waals surface area contributed by atoms with Gasteiger partial charge in [-0.3, -0.25) is 13.9 Å². The Balaban J connectivity index is 3.78. The van der Waals surface area contributed by atoms with Crippen molar-refractivity contribution in [2.75, 3.05) is 7.11 Å². The smallest absolute Gasteiger partial charge is 0.333 e. The summed E-state index contributed by atoms with van der Waals surface area (Å²) >= 11 is 0. The fraction of sp³-hybridized carbons (Fsp3) is 0.375. The molecule has 7 heteroatoms. The molecular weight excluding hydrogens is 202 g/mol. The molecular formula is C8H11N3O4. The van der Waals surface area contributed by atoms with Crippen molar-refractivity contribution >= 4 is 6.21 Å². The molecule has 0 atom stereocenters. The summed E-state index contributed by atoms with van der Waals surface area (Å²) in [5, 5.41) is 11.1. The predicted molar refractivity (Wildman–Crippen MR) is 52.9 cm³/mol. The maximum atomic E-state index is 11.6. The number of rotatable bonds is 2. The van der Waals surface area contributed by atoms with E-state index in [4.69, 9.17) is 9.94 Å². The maximum Gasteiger partial charge on any atom is 0.333 e. The van der Waals surface area contributed by atoms with Crippen LogP contribution in [0.1, 0.15) is 5.56 Å². The Morgan fingerprint density at radius 2 is 1.93 bits per heavy atom. The monoisotopic (exact) mass is 213 g/mol. The van der Waals surface area contributed by atoms with Crippen LogP contribution in [0.4, 0.5) is 0 Å². The molecule has 1 N–H and O–H groups in total. The van der Waals surface area contributed by atoms with E-state index in [-0.39, 0.29) is 11.4 Å². The van der Waals surface area contributed by atoms with Crippen molar-refractivity contribution in [1.29, 1.82) is 0 Å². The third-order valence-corrected chi connectivity index (χ3v) is 2.02. The topological polar surface area (TPSA) is 85.8 Å². The SMILES string of the molecule is COc1c(/C=N\O)c(=O)n(C)c(=O)n1C. The zero-order valence-corrected chi connectivity index (χ0v) is 8.59. The van der Waals surface area contributed by atoms with Crippen LogP contribution >= 0.6 is 0 Å². The van der Waals surface area contributed by atoms with Gasteiger partial charge in [-0.15, -0.1) is 0 Å². The van der Waals surface area contributed by atoms with Crippen molar-refractivity contribution in [3.63, 3.8) is 0 Å². The Morgan fingerprint density at radius 3 is 2.40 bits per heavy atom. The summed E-state index contributed by atoms with van der Waals surface area (Å²) in [7, 11) is 4.11. The molecule has 0 saturated heterocycles. The largest absolute Gasteiger partial charge is 0.481 e. The van der Waals surface area contributed by atoms with Crippen LogP contribution in [0, 0.1) is 0 Å². The minimum atomic E-state index is -0.576. The molecule has 0 bridgehead atoms. The Kier molecular flexibility index (Phi) is 2.93. The number of aromatic nitrogens is 2. The lowest BCUT2D eigenvalue weighted by atomic mass is 10.3. The van der Waals surface area contributed by atoms with Crippen LogP contribution in [0.2, 0.25) is 0 Å². The predicted octanol–water partition coefficient (Wildman–Crippen LogP) is -1.10. The Bertz CT molecular complexity index is 512. The molecule has 0 radical (unpaired) electrons. The minimum absolute atomic E-state index is 0.0181. The number of ether oxygens (including phenoxy) is 1. The molecule has 1 heterocycles. The second kappa shape index (κ2) is 3.99. The summed E-state index contributed by atoms with van der Waals surface area (Å²) in [5.74, 6) is 0.0564. The van der Waals surface area contributed by atoms with E-state index in [2.05, 4.69) is 5.16 Å². The summed E-state index contributed by atoms with van der Waals surface area (Å²) in [4.78, 5) is 23.0. The molecule has 0 aliphatic heterocycles. The molecule has 1 aromatic rings. The van der Waals surface area contributed by atoms with E-state index in [1.807, 2.05) is 0 Å². The first-order valence-corrected chi connectivity index (χ1v) is 4.06. The van der Waals surface area contributed by atoms with Crippen molar-refractivity contribution in [3.8, 4) is 5.88 Å². The quantitative estimate of drug-likeness (QED) is 0.384. The van der Waals surface area contributed by atoms with Gasteiger partial charge in [0, 0.05) is 14.1 Å². The van der Waals surface area contributed by atoms with Crippen molar-refractivity contribution in [1.82, 2.24) is 9.13 Å². The summed E-state index contributed by atoms with van der Waals surface area (Å²) in [6.07, 6.45) is 0.931. The van der Waals surface area contributed by atoms with Crippen LogP contribution < -0.4 is 16.0 Å². The standard InChI is InChI=1S/C8H11N3O4/c1-10-6(12)5(4-9-14)7(15-3)11(2)8(10)13/h4,14H,1-3H3/b9-4-. The fourth-order valence-corrected chi connectivity index (χ4v) is 1.27. The zero-order valence-electron chi connectivity index (χ0n) is 8.59. The van der Waals surface area contributed by atoms with Crippen LogP contribution in [-0.2, 0) is 14.1 Å². The molecule has 82 valence electrons. The van der Waals surface area contributed by atoms with Crippen LogP contribution in [0.15, 0.2) is 14.7 Å². The van der Waals surface area contributed by atoms with E-state index in [9.17, 15) is 9.59 Å². The van der Waals surface area contributed by atoms with Crippen molar-refractivity contribution in [3.05, 3.63) is 26.4 Å². The first-order chi connectivity index (χ1) is 7.04. The van der Waals surface area contributed by atoms with E-state index in [1.165, 1.54) is 21.2 Å². The summed E-state index contributed by atoms with van der Waals surface area (Å²) in [6.45, 7) is 0. The molecule has 0 spiro atoms. The Hall–Kier alpha value is -2.05. The second-order valence-corrected chi connectivity index (χ2v) is 2.87. The third kappa shape index (κ3) is 1.63. The average molecular weight is 213 g/mol. The lowest BCUT2D eigenvalue weighted by Crippen LogP contribution is -2.39. The molecule has 0 aliphatic carbocycles. The molecule has 1 rings (SSSR count). The van der Waals surface area contributed by atoms with Gasteiger partial charge in [0.05, 0.1) is 13.3 Å². The first-order valence-electron chi connectivity index (χ1n) is 4.06. The normalized spacial score (nSPS) is 10.9. The fourth-order valence-electron chi connectivity index (χ4n) is 1.27. The van der Waals surface area contributed by atoms with E-state index >= 15 is 0 Å². The van der Waals surface area contributed by atoms with Gasteiger partial charge in [-0.05, 0) is 0 Å². The van der Waals surface area contributed by atoms with Crippen molar-refractivity contribution in [2.45, 2.75) is 0 Å². The molecule has 1 aromatic heterocycles. The van der Waals surface area contributed by atoms with E-state index in [0.29, 0.717) is 0 Å². The van der Waals surface area contributed by atoms with Crippen LogP contribution in [-0.4, -0.2) is 27.7 Å². The van der Waals surface area contributed by atoms with Gasteiger partial charge in [0.1, 0.15) is 5.56 Å². The van der Waals surface area contributed by atoms with Gasteiger partial charge >= 0.3 is 5.69 Å². The van der Waals surface area contributed by atoms with Gasteiger partial charge < -0.3 is 9.94 Å². The number of nitrogens with zero attached hydrogens (tertiary/aromatic N) is 3. The van der Waals surface area contributed by atoms with Gasteiger partial charge in [0.2, 0.25) is 5.88 Å². The van der Waals surface area contributed by atoms with E-state index in [0.717, 1.165) is 15.3 Å². The molecule has 7 nitrogen and oxygen atoms in total. The van der Waals surface area contributed by atoms with Gasteiger partial charge in [-0.25, -0.2) is 4.79 Å². The molecule has 0 saturated carbocycles. The maximum absolute atomic E-state index is 11.6. The van der Waals surface area contributed by atoms with E-state index in [1.54, 1.807) is 0 Å². The van der Waals surface area contributed by atoms with E-state index < -0.39 is 11.2 Å². The zero-order chi connectivity index (χ0) is 11.6. The average Bonchev–Trinajstić information content (AvgIpc) is 2.24. The van der Waals surface area contributed by atoms with Gasteiger partial charge in [-0.1, -0.05) is 5.16 Å². The minimum Gasteiger partial charge on any atom is -0.481 e. The first kappa shape index (κ1) is 11.0. The molecule has 0 aliphatic rings. The number of oxime groups is 1. The lowest BCUT2D eigenvalue weighted by Gasteiger charge is -2.10. The lowest BCUT2D eigenvalue weighted by molar-refractivity contribution is 0.320. The third-order valence-electron chi connectivity index (χ3n) is 2.02. The summed E-state index contributed by atoms with van der Waals surface area (Å²) in [5.41, 5.74) is -1.07. The highest BCUT2D eigenvalue weighted by Crippen LogP contribution is 2.07.